The van der Waals surface area contributed by atoms with Gasteiger partial charge < -0.3 is 10.2 Å². The molecule has 1 aliphatic rings. The Kier molecular flexibility index (Phi) is 6.60. The van der Waals surface area contributed by atoms with Gasteiger partial charge in [-0.3, -0.25) is 0 Å². The minimum absolute atomic E-state index is 0.179. The van der Waals surface area contributed by atoms with E-state index in [9.17, 15) is 13.2 Å². The van der Waals surface area contributed by atoms with E-state index >= 15 is 0 Å². The molecule has 5 heteroatoms. The first-order valence-corrected chi connectivity index (χ1v) is 7.35. The molecule has 0 amide bonds. The fourth-order valence-electron chi connectivity index (χ4n) is 2.68. The van der Waals surface area contributed by atoms with Gasteiger partial charge in [0.05, 0.1) is 0 Å². The maximum atomic E-state index is 12.1. The van der Waals surface area contributed by atoms with Crippen LogP contribution in [0.2, 0.25) is 0 Å². The van der Waals surface area contributed by atoms with E-state index in [0.717, 1.165) is 25.9 Å². The summed E-state index contributed by atoms with van der Waals surface area (Å²) in [7, 11) is 0. The first kappa shape index (κ1) is 16.8. The fourth-order valence-corrected chi connectivity index (χ4v) is 2.68. The SMILES string of the molecule is CC(CCCC(F)(F)F)NC1CCN(C(C)C)CC1. The van der Waals surface area contributed by atoms with Gasteiger partial charge in [0.2, 0.25) is 0 Å². The Hall–Kier alpha value is -0.290. The molecule has 0 saturated carbocycles. The molecule has 0 spiro atoms. The Morgan fingerprint density at radius 1 is 1.16 bits per heavy atom. The quantitative estimate of drug-likeness (QED) is 0.800. The summed E-state index contributed by atoms with van der Waals surface area (Å²) >= 11 is 0. The maximum absolute atomic E-state index is 12.1. The summed E-state index contributed by atoms with van der Waals surface area (Å²) in [6.07, 6.45) is -1.65. The van der Waals surface area contributed by atoms with Gasteiger partial charge in [-0.25, -0.2) is 0 Å². The molecule has 0 aromatic rings. The van der Waals surface area contributed by atoms with Crippen molar-refractivity contribution < 1.29 is 13.2 Å². The van der Waals surface area contributed by atoms with Crippen molar-refractivity contribution in [1.29, 1.82) is 0 Å². The van der Waals surface area contributed by atoms with Crippen molar-refractivity contribution in [3.63, 3.8) is 0 Å². The van der Waals surface area contributed by atoms with E-state index in [1.807, 2.05) is 6.92 Å². The van der Waals surface area contributed by atoms with E-state index in [-0.39, 0.29) is 12.5 Å². The highest BCUT2D eigenvalue weighted by molar-refractivity contribution is 4.80. The van der Waals surface area contributed by atoms with Gasteiger partial charge in [-0.1, -0.05) is 0 Å². The van der Waals surface area contributed by atoms with Gasteiger partial charge in [-0.15, -0.1) is 0 Å². The van der Waals surface area contributed by atoms with E-state index in [1.165, 1.54) is 0 Å². The summed E-state index contributed by atoms with van der Waals surface area (Å²) < 4.78 is 36.2. The molecule has 1 aliphatic heterocycles. The lowest BCUT2D eigenvalue weighted by Crippen LogP contribution is -2.47. The summed E-state index contributed by atoms with van der Waals surface area (Å²) in [6.45, 7) is 8.57. The van der Waals surface area contributed by atoms with Gasteiger partial charge in [0, 0.05) is 24.5 Å². The molecule has 19 heavy (non-hydrogen) atoms. The molecule has 2 nitrogen and oxygen atoms in total. The summed E-state index contributed by atoms with van der Waals surface area (Å²) in [6, 6.07) is 1.24. The second-order valence-corrected chi connectivity index (χ2v) is 5.98. The van der Waals surface area contributed by atoms with E-state index in [4.69, 9.17) is 0 Å². The first-order valence-electron chi connectivity index (χ1n) is 7.35. The molecule has 1 atom stereocenters. The third-order valence-corrected chi connectivity index (χ3v) is 3.88. The van der Waals surface area contributed by atoms with Crippen LogP contribution in [0, 0.1) is 0 Å². The number of nitrogens with one attached hydrogen (secondary N) is 1. The van der Waals surface area contributed by atoms with Crippen molar-refractivity contribution in [2.45, 2.75) is 77.2 Å². The topological polar surface area (TPSA) is 15.3 Å². The van der Waals surface area contributed by atoms with Crippen LogP contribution in [0.25, 0.3) is 0 Å². The first-order chi connectivity index (χ1) is 8.78. The predicted molar refractivity (Wildman–Crippen MR) is 72.2 cm³/mol. The number of piperidine rings is 1. The minimum atomic E-state index is -4.01. The van der Waals surface area contributed by atoms with E-state index in [1.54, 1.807) is 0 Å². The average Bonchev–Trinajstić information content (AvgIpc) is 2.27. The lowest BCUT2D eigenvalue weighted by molar-refractivity contribution is -0.135. The summed E-state index contributed by atoms with van der Waals surface area (Å²) in [5.41, 5.74) is 0. The number of halogens is 3. The van der Waals surface area contributed by atoms with Crippen LogP contribution < -0.4 is 5.32 Å². The third-order valence-electron chi connectivity index (χ3n) is 3.88. The second kappa shape index (κ2) is 7.48. The Morgan fingerprint density at radius 2 is 1.74 bits per heavy atom. The molecule has 1 fully saturated rings. The third kappa shape index (κ3) is 7.16. The van der Waals surface area contributed by atoms with Crippen molar-refractivity contribution in [3.8, 4) is 0 Å². The fraction of sp³-hybridized carbons (Fsp3) is 1.00. The summed E-state index contributed by atoms with van der Waals surface area (Å²) in [4.78, 5) is 2.45. The van der Waals surface area contributed by atoms with Crippen molar-refractivity contribution >= 4 is 0 Å². The van der Waals surface area contributed by atoms with Gasteiger partial charge in [-0.05, 0) is 59.5 Å². The lowest BCUT2D eigenvalue weighted by atomic mass is 10.0. The average molecular weight is 280 g/mol. The molecule has 0 aliphatic carbocycles. The van der Waals surface area contributed by atoms with Gasteiger partial charge in [0.15, 0.2) is 0 Å². The molecule has 1 heterocycles. The van der Waals surface area contributed by atoms with Crippen LogP contribution in [0.3, 0.4) is 0 Å². The minimum Gasteiger partial charge on any atom is -0.311 e. The second-order valence-electron chi connectivity index (χ2n) is 5.98. The van der Waals surface area contributed by atoms with Crippen molar-refractivity contribution in [1.82, 2.24) is 10.2 Å². The molecule has 1 N–H and O–H groups in total. The highest BCUT2D eigenvalue weighted by atomic mass is 19.4. The molecule has 0 radical (unpaired) electrons. The predicted octanol–water partition coefficient (Wildman–Crippen LogP) is 3.57. The molecular formula is C14H27F3N2. The van der Waals surface area contributed by atoms with Crippen LogP contribution >= 0.6 is 0 Å². The molecule has 0 aromatic carbocycles. The number of rotatable bonds is 6. The number of likely N-dealkylation sites (tertiary alicyclic amines) is 1. The van der Waals surface area contributed by atoms with Crippen molar-refractivity contribution in [3.05, 3.63) is 0 Å². The maximum Gasteiger partial charge on any atom is 0.389 e. The number of nitrogens with zero attached hydrogens (tertiary/aromatic N) is 1. The van der Waals surface area contributed by atoms with E-state index < -0.39 is 12.6 Å². The van der Waals surface area contributed by atoms with Crippen LogP contribution in [0.1, 0.15) is 52.9 Å². The van der Waals surface area contributed by atoms with Crippen LogP contribution in [-0.2, 0) is 0 Å². The largest absolute Gasteiger partial charge is 0.389 e. The number of hydrogen-bond acceptors (Lipinski definition) is 2. The Morgan fingerprint density at radius 3 is 2.21 bits per heavy atom. The molecule has 114 valence electrons. The molecule has 0 bridgehead atoms. The van der Waals surface area contributed by atoms with Crippen LogP contribution in [0.15, 0.2) is 0 Å². The zero-order chi connectivity index (χ0) is 14.5. The van der Waals surface area contributed by atoms with Gasteiger partial charge in [0.1, 0.15) is 0 Å². The van der Waals surface area contributed by atoms with Gasteiger partial charge >= 0.3 is 6.18 Å². The summed E-state index contributed by atoms with van der Waals surface area (Å²) in [5.74, 6) is 0. The van der Waals surface area contributed by atoms with Crippen LogP contribution in [-0.4, -0.2) is 42.3 Å². The highest BCUT2D eigenvalue weighted by Gasteiger charge is 2.27. The Bertz CT molecular complexity index is 246. The highest BCUT2D eigenvalue weighted by Crippen LogP contribution is 2.23. The number of alkyl halides is 3. The Labute approximate surface area is 114 Å². The molecule has 0 aromatic heterocycles. The summed E-state index contributed by atoms with van der Waals surface area (Å²) in [5, 5.41) is 3.47. The van der Waals surface area contributed by atoms with Gasteiger partial charge in [-0.2, -0.15) is 13.2 Å². The van der Waals surface area contributed by atoms with Crippen molar-refractivity contribution in [2.24, 2.45) is 0 Å². The van der Waals surface area contributed by atoms with Gasteiger partial charge in [0.25, 0.3) is 0 Å². The van der Waals surface area contributed by atoms with E-state index in [0.29, 0.717) is 18.5 Å². The lowest BCUT2D eigenvalue weighted by Gasteiger charge is -2.36. The van der Waals surface area contributed by atoms with Crippen LogP contribution in [0.4, 0.5) is 13.2 Å². The molecule has 1 rings (SSSR count). The van der Waals surface area contributed by atoms with Crippen molar-refractivity contribution in [2.75, 3.05) is 13.1 Å². The monoisotopic (exact) mass is 280 g/mol. The standard InChI is InChI=1S/C14H27F3N2/c1-11(2)19-9-6-13(7-10-19)18-12(3)5-4-8-14(15,16)17/h11-13,18H,4-10H2,1-3H3. The smallest absolute Gasteiger partial charge is 0.311 e. The molecular weight excluding hydrogens is 253 g/mol. The zero-order valence-electron chi connectivity index (χ0n) is 12.3. The normalized spacial score (nSPS) is 21.0. The van der Waals surface area contributed by atoms with E-state index in [2.05, 4.69) is 24.1 Å². The molecule has 1 unspecified atom stereocenters. The zero-order valence-corrected chi connectivity index (χ0v) is 12.3. The Balaban J connectivity index is 2.15. The number of hydrogen-bond donors (Lipinski definition) is 1. The van der Waals surface area contributed by atoms with Crippen LogP contribution in [0.5, 0.6) is 0 Å². The molecule has 1 saturated heterocycles.